The highest BCUT2D eigenvalue weighted by atomic mass is 16.5. The average molecular weight is 461 g/mol. The van der Waals surface area contributed by atoms with Gasteiger partial charge in [0.15, 0.2) is 0 Å². The van der Waals surface area contributed by atoms with E-state index in [4.69, 9.17) is 9.15 Å². The van der Waals surface area contributed by atoms with E-state index in [0.29, 0.717) is 17.4 Å². The lowest BCUT2D eigenvalue weighted by molar-refractivity contribution is -0.147. The maximum absolute atomic E-state index is 13.9. The van der Waals surface area contributed by atoms with Gasteiger partial charge in [0.05, 0.1) is 36.3 Å². The average Bonchev–Trinajstić information content (AvgIpc) is 3.59. The predicted molar refractivity (Wildman–Crippen MR) is 124 cm³/mol. The van der Waals surface area contributed by atoms with Crippen molar-refractivity contribution in [3.63, 3.8) is 0 Å². The number of carbonyl (C=O) groups is 3. The van der Waals surface area contributed by atoms with Crippen molar-refractivity contribution in [2.24, 2.45) is 17.8 Å². The van der Waals surface area contributed by atoms with Gasteiger partial charge in [0.25, 0.3) is 0 Å². The molecule has 0 radical (unpaired) electrons. The normalized spacial score (nSPS) is 35.7. The molecule has 1 aromatic heterocycles. The van der Waals surface area contributed by atoms with Crippen molar-refractivity contribution in [2.75, 3.05) is 5.32 Å². The van der Waals surface area contributed by atoms with Crippen LogP contribution in [-0.2, 0) is 19.1 Å². The number of hydrogen-bond donors (Lipinski definition) is 1. The van der Waals surface area contributed by atoms with E-state index in [1.165, 1.54) is 5.56 Å². The number of furan rings is 1. The predicted octanol–water partition coefficient (Wildman–Crippen LogP) is 3.84. The number of amides is 2. The van der Waals surface area contributed by atoms with Gasteiger partial charge in [0.2, 0.25) is 11.8 Å². The Hall–Kier alpha value is -3.19. The van der Waals surface area contributed by atoms with Gasteiger partial charge in [-0.2, -0.15) is 0 Å². The fourth-order valence-electron chi connectivity index (χ4n) is 6.44. The first-order chi connectivity index (χ1) is 16.3. The van der Waals surface area contributed by atoms with Crippen LogP contribution in [0.1, 0.15) is 50.5 Å². The van der Waals surface area contributed by atoms with Gasteiger partial charge in [-0.3, -0.25) is 14.4 Å². The third-order valence-electron chi connectivity index (χ3n) is 8.10. The van der Waals surface area contributed by atoms with Crippen molar-refractivity contribution < 1.29 is 23.5 Å². The zero-order valence-electron chi connectivity index (χ0n) is 19.4. The van der Waals surface area contributed by atoms with Crippen LogP contribution in [-0.4, -0.2) is 40.2 Å². The minimum absolute atomic E-state index is 0.0732. The highest BCUT2D eigenvalue weighted by molar-refractivity contribution is 6.00. The number of anilines is 1. The lowest BCUT2D eigenvalue weighted by Crippen LogP contribution is -2.55. The molecule has 6 rings (SSSR count). The highest BCUT2D eigenvalue weighted by Gasteiger charge is 2.74. The lowest BCUT2D eigenvalue weighted by Gasteiger charge is -2.43. The molecule has 2 amide bonds. The molecule has 3 saturated heterocycles. The largest absolute Gasteiger partial charge is 0.467 e. The van der Waals surface area contributed by atoms with E-state index >= 15 is 0 Å². The molecule has 4 aliphatic rings. The summed E-state index contributed by atoms with van der Waals surface area (Å²) in [6.45, 7) is 6.10. The van der Waals surface area contributed by atoms with Gasteiger partial charge in [-0.25, -0.2) is 0 Å². The molecule has 34 heavy (non-hydrogen) atoms. The fourth-order valence-corrected chi connectivity index (χ4v) is 6.44. The molecule has 2 aromatic rings. The molecule has 176 valence electrons. The SMILES string of the molecule is CC(C)c1ccc(NC(=O)[C@H]2[C@H]3C(=O)N4[C@@H](c5ccco5)CC(=O)[C@H](C)[C@H]4[C@]34C=C[C@H]2O4)cc1. The summed E-state index contributed by atoms with van der Waals surface area (Å²) in [5, 5.41) is 3.00. The molecule has 2 bridgehead atoms. The van der Waals surface area contributed by atoms with E-state index in [-0.39, 0.29) is 24.0 Å². The zero-order chi connectivity index (χ0) is 23.8. The zero-order valence-corrected chi connectivity index (χ0v) is 19.4. The number of hydrogen-bond acceptors (Lipinski definition) is 5. The van der Waals surface area contributed by atoms with Crippen LogP contribution in [0.15, 0.2) is 59.2 Å². The second-order valence-corrected chi connectivity index (χ2v) is 10.2. The molecule has 7 nitrogen and oxygen atoms in total. The third-order valence-corrected chi connectivity index (χ3v) is 8.10. The number of carbonyl (C=O) groups excluding carboxylic acids is 3. The van der Waals surface area contributed by atoms with Crippen LogP contribution < -0.4 is 5.32 Å². The minimum Gasteiger partial charge on any atom is -0.467 e. The molecule has 7 heteroatoms. The van der Waals surface area contributed by atoms with Crippen molar-refractivity contribution in [3.8, 4) is 0 Å². The molecule has 0 saturated carbocycles. The summed E-state index contributed by atoms with van der Waals surface area (Å²) in [6.07, 6.45) is 5.06. The molecule has 1 N–H and O–H groups in total. The summed E-state index contributed by atoms with van der Waals surface area (Å²) in [6, 6.07) is 10.4. The van der Waals surface area contributed by atoms with E-state index in [0.717, 1.165) is 0 Å². The minimum atomic E-state index is -0.981. The molecule has 4 aliphatic heterocycles. The van der Waals surface area contributed by atoms with Crippen LogP contribution in [0.25, 0.3) is 0 Å². The fraction of sp³-hybridized carbons (Fsp3) is 0.444. The number of Topliss-reactive ketones (excluding diaryl/α,β-unsaturated/α-hetero) is 1. The molecule has 1 aromatic carbocycles. The van der Waals surface area contributed by atoms with Gasteiger partial charge in [-0.1, -0.05) is 45.1 Å². The summed E-state index contributed by atoms with van der Waals surface area (Å²) in [4.78, 5) is 42.2. The highest BCUT2D eigenvalue weighted by Crippen LogP contribution is 2.60. The van der Waals surface area contributed by atoms with Crippen molar-refractivity contribution >= 4 is 23.3 Å². The number of benzene rings is 1. The molecule has 1 spiro atoms. The smallest absolute Gasteiger partial charge is 0.231 e. The number of fused-ring (bicyclic) bond motifs is 2. The quantitative estimate of drug-likeness (QED) is 0.701. The van der Waals surface area contributed by atoms with Crippen LogP contribution in [0, 0.1) is 17.8 Å². The Morgan fingerprint density at radius 2 is 1.94 bits per heavy atom. The Labute approximate surface area is 198 Å². The van der Waals surface area contributed by atoms with Gasteiger partial charge in [-0.15, -0.1) is 0 Å². The van der Waals surface area contributed by atoms with Crippen LogP contribution in [0.3, 0.4) is 0 Å². The van der Waals surface area contributed by atoms with E-state index in [1.54, 1.807) is 23.3 Å². The molecular weight excluding hydrogens is 432 g/mol. The van der Waals surface area contributed by atoms with Crippen LogP contribution in [0.5, 0.6) is 0 Å². The number of piperidine rings is 1. The Morgan fingerprint density at radius 1 is 1.18 bits per heavy atom. The lowest BCUT2D eigenvalue weighted by atomic mass is 9.70. The Bertz CT molecular complexity index is 1180. The van der Waals surface area contributed by atoms with Gasteiger partial charge in [-0.05, 0) is 35.7 Å². The number of rotatable bonds is 4. The first-order valence-electron chi connectivity index (χ1n) is 12.0. The number of nitrogens with one attached hydrogen (secondary N) is 1. The Balaban J connectivity index is 1.34. The van der Waals surface area contributed by atoms with Crippen molar-refractivity contribution in [1.29, 1.82) is 0 Å². The summed E-state index contributed by atoms with van der Waals surface area (Å²) in [5.74, 6) is -1.05. The second-order valence-electron chi connectivity index (χ2n) is 10.2. The Morgan fingerprint density at radius 3 is 2.62 bits per heavy atom. The summed E-state index contributed by atoms with van der Waals surface area (Å²) < 4.78 is 12.0. The molecule has 0 aliphatic carbocycles. The monoisotopic (exact) mass is 460 g/mol. The molecule has 5 heterocycles. The van der Waals surface area contributed by atoms with E-state index in [2.05, 4.69) is 19.2 Å². The maximum Gasteiger partial charge on any atom is 0.231 e. The van der Waals surface area contributed by atoms with Crippen LogP contribution in [0.4, 0.5) is 5.69 Å². The summed E-state index contributed by atoms with van der Waals surface area (Å²) in [7, 11) is 0. The van der Waals surface area contributed by atoms with Crippen molar-refractivity contribution in [1.82, 2.24) is 4.90 Å². The van der Waals surface area contributed by atoms with Gasteiger partial charge < -0.3 is 19.4 Å². The standard InChI is InChI=1S/C27H28N2O5/c1-14(2)16-6-8-17(9-7-16)28-25(31)22-21-10-11-27(34-21)23(22)26(32)29-18(20-5-4-12-33-20)13-19(30)15(3)24(27)29/h4-12,14-15,18,21-24H,13H2,1-3H3,(H,28,31)/t15-,18+,21+,22+,23-,24-,27-/m0/s1. The molecule has 0 unspecified atom stereocenters. The van der Waals surface area contributed by atoms with Crippen molar-refractivity contribution in [3.05, 3.63) is 66.1 Å². The van der Waals surface area contributed by atoms with E-state index in [9.17, 15) is 14.4 Å². The summed E-state index contributed by atoms with van der Waals surface area (Å²) in [5.41, 5.74) is 0.898. The Kier molecular flexibility index (Phi) is 4.65. The van der Waals surface area contributed by atoms with Gasteiger partial charge >= 0.3 is 0 Å². The topological polar surface area (TPSA) is 88.9 Å². The van der Waals surface area contributed by atoms with Crippen LogP contribution >= 0.6 is 0 Å². The second kappa shape index (κ2) is 7.40. The van der Waals surface area contributed by atoms with Crippen molar-refractivity contribution in [2.45, 2.75) is 56.9 Å². The molecule has 3 fully saturated rings. The van der Waals surface area contributed by atoms with Crippen LogP contribution in [0.2, 0.25) is 0 Å². The number of ether oxygens (including phenoxy) is 1. The van der Waals surface area contributed by atoms with Gasteiger partial charge in [0.1, 0.15) is 17.1 Å². The first-order valence-corrected chi connectivity index (χ1v) is 12.0. The van der Waals surface area contributed by atoms with E-state index < -0.39 is 41.5 Å². The third kappa shape index (κ3) is 2.83. The first kappa shape index (κ1) is 21.4. The van der Waals surface area contributed by atoms with Gasteiger partial charge in [0, 0.05) is 18.0 Å². The molecule has 7 atom stereocenters. The summed E-state index contributed by atoms with van der Waals surface area (Å²) >= 11 is 0. The van der Waals surface area contributed by atoms with E-state index in [1.807, 2.05) is 43.3 Å². The number of ketones is 1. The maximum atomic E-state index is 13.9. The number of nitrogens with zero attached hydrogens (tertiary/aromatic N) is 1. The molecular formula is C27H28N2O5.